The quantitative estimate of drug-likeness (QED) is 0.693. The molecule has 0 aromatic carbocycles. The maximum atomic E-state index is 5.50. The Morgan fingerprint density at radius 2 is 2.07 bits per heavy atom. The topological polar surface area (TPSA) is 41.3 Å². The van der Waals surface area contributed by atoms with Crippen LogP contribution in [-0.4, -0.2) is 43.7 Å². The number of hydrogen-bond acceptors (Lipinski definition) is 3. The van der Waals surface area contributed by atoms with Crippen LogP contribution in [0.2, 0.25) is 0 Å². The average molecular weight is 213 g/mol. The number of nitrogens with zero attached hydrogens (tertiary/aromatic N) is 1. The molecule has 0 saturated carbocycles. The van der Waals surface area contributed by atoms with Crippen molar-refractivity contribution in [2.45, 2.75) is 39.2 Å². The van der Waals surface area contributed by atoms with Crippen LogP contribution in [0.3, 0.4) is 0 Å². The van der Waals surface area contributed by atoms with Crippen LogP contribution in [0.25, 0.3) is 0 Å². The molecule has 1 fully saturated rings. The largest absolute Gasteiger partial charge is 0.329 e. The molecule has 1 rings (SSSR count). The third kappa shape index (κ3) is 4.49. The van der Waals surface area contributed by atoms with Crippen LogP contribution in [0.4, 0.5) is 0 Å². The molecule has 1 aliphatic heterocycles. The van der Waals surface area contributed by atoms with Gasteiger partial charge in [0.1, 0.15) is 0 Å². The lowest BCUT2D eigenvalue weighted by Gasteiger charge is -2.35. The summed E-state index contributed by atoms with van der Waals surface area (Å²) < 4.78 is 0. The van der Waals surface area contributed by atoms with Gasteiger partial charge in [0.05, 0.1) is 0 Å². The first-order chi connectivity index (χ1) is 7.27. The number of hydrogen-bond donors (Lipinski definition) is 2. The first-order valence-corrected chi connectivity index (χ1v) is 6.43. The van der Waals surface area contributed by atoms with E-state index in [1.165, 1.54) is 38.9 Å². The van der Waals surface area contributed by atoms with E-state index in [1.54, 1.807) is 0 Å². The molecule has 3 heteroatoms. The van der Waals surface area contributed by atoms with Gasteiger partial charge in [-0.3, -0.25) is 0 Å². The smallest absolute Gasteiger partial charge is 0.00770 e. The molecule has 1 heterocycles. The van der Waals surface area contributed by atoms with Gasteiger partial charge >= 0.3 is 0 Å². The van der Waals surface area contributed by atoms with Crippen molar-refractivity contribution in [2.75, 3.05) is 32.7 Å². The summed E-state index contributed by atoms with van der Waals surface area (Å²) in [6.45, 7) is 10.1. The van der Waals surface area contributed by atoms with E-state index in [1.807, 2.05) is 0 Å². The standard InChI is InChI=1S/C12H27N3/c1-3-8-15-9-4-12(5-10-15)11(2)14-7-6-13/h11-12,14H,3-10,13H2,1-2H3. The first-order valence-electron chi connectivity index (χ1n) is 6.43. The van der Waals surface area contributed by atoms with Crippen LogP contribution >= 0.6 is 0 Å². The van der Waals surface area contributed by atoms with Gasteiger partial charge in [0.25, 0.3) is 0 Å². The van der Waals surface area contributed by atoms with E-state index in [-0.39, 0.29) is 0 Å². The molecule has 1 saturated heterocycles. The number of piperidine rings is 1. The van der Waals surface area contributed by atoms with Crippen molar-refractivity contribution in [3.63, 3.8) is 0 Å². The Bertz CT molecular complexity index is 153. The summed E-state index contributed by atoms with van der Waals surface area (Å²) in [6, 6.07) is 0.636. The number of rotatable bonds is 6. The van der Waals surface area contributed by atoms with Crippen molar-refractivity contribution >= 4 is 0 Å². The monoisotopic (exact) mass is 213 g/mol. The van der Waals surface area contributed by atoms with E-state index in [2.05, 4.69) is 24.1 Å². The molecule has 1 aliphatic rings. The fraction of sp³-hybridized carbons (Fsp3) is 1.00. The van der Waals surface area contributed by atoms with Crippen molar-refractivity contribution in [2.24, 2.45) is 11.7 Å². The lowest BCUT2D eigenvalue weighted by Crippen LogP contribution is -2.43. The van der Waals surface area contributed by atoms with Crippen LogP contribution in [0.5, 0.6) is 0 Å². The van der Waals surface area contributed by atoms with Gasteiger partial charge in [-0.25, -0.2) is 0 Å². The molecular weight excluding hydrogens is 186 g/mol. The van der Waals surface area contributed by atoms with Crippen LogP contribution < -0.4 is 11.1 Å². The summed E-state index contributed by atoms with van der Waals surface area (Å²) in [6.07, 6.45) is 3.98. The zero-order valence-corrected chi connectivity index (χ0v) is 10.3. The minimum Gasteiger partial charge on any atom is -0.329 e. The Hall–Kier alpha value is -0.120. The van der Waals surface area contributed by atoms with Crippen LogP contribution in [0.1, 0.15) is 33.1 Å². The molecule has 0 aromatic rings. The average Bonchev–Trinajstić information content (AvgIpc) is 2.27. The van der Waals surface area contributed by atoms with Gasteiger partial charge in [-0.2, -0.15) is 0 Å². The Morgan fingerprint density at radius 3 is 2.60 bits per heavy atom. The molecular formula is C12H27N3. The van der Waals surface area contributed by atoms with Crippen molar-refractivity contribution in [3.05, 3.63) is 0 Å². The highest BCUT2D eigenvalue weighted by molar-refractivity contribution is 4.79. The number of likely N-dealkylation sites (tertiary alicyclic amines) is 1. The number of nitrogens with one attached hydrogen (secondary N) is 1. The van der Waals surface area contributed by atoms with Gasteiger partial charge in [0.2, 0.25) is 0 Å². The third-order valence-corrected chi connectivity index (χ3v) is 3.49. The molecule has 1 atom stereocenters. The van der Waals surface area contributed by atoms with Crippen LogP contribution in [-0.2, 0) is 0 Å². The Balaban J connectivity index is 2.18. The molecule has 0 radical (unpaired) electrons. The first kappa shape index (κ1) is 12.9. The second kappa shape index (κ2) is 7.20. The fourth-order valence-corrected chi connectivity index (χ4v) is 2.47. The summed E-state index contributed by atoms with van der Waals surface area (Å²) in [5.74, 6) is 0.852. The van der Waals surface area contributed by atoms with Gasteiger partial charge in [-0.1, -0.05) is 6.92 Å². The van der Waals surface area contributed by atoms with Crippen molar-refractivity contribution in [1.29, 1.82) is 0 Å². The van der Waals surface area contributed by atoms with E-state index >= 15 is 0 Å². The summed E-state index contributed by atoms with van der Waals surface area (Å²) >= 11 is 0. The third-order valence-electron chi connectivity index (χ3n) is 3.49. The minimum atomic E-state index is 0.636. The van der Waals surface area contributed by atoms with Gasteiger partial charge in [-0.15, -0.1) is 0 Å². The fourth-order valence-electron chi connectivity index (χ4n) is 2.47. The van der Waals surface area contributed by atoms with Crippen LogP contribution in [0.15, 0.2) is 0 Å². The molecule has 0 aromatic heterocycles. The van der Waals surface area contributed by atoms with Crippen molar-refractivity contribution in [3.8, 4) is 0 Å². The molecule has 15 heavy (non-hydrogen) atoms. The van der Waals surface area contributed by atoms with E-state index < -0.39 is 0 Å². The van der Waals surface area contributed by atoms with Gasteiger partial charge < -0.3 is 16.0 Å². The van der Waals surface area contributed by atoms with E-state index in [9.17, 15) is 0 Å². The zero-order chi connectivity index (χ0) is 11.1. The Kier molecular flexibility index (Phi) is 6.22. The van der Waals surface area contributed by atoms with Gasteiger partial charge in [0.15, 0.2) is 0 Å². The molecule has 1 unspecified atom stereocenters. The Morgan fingerprint density at radius 1 is 1.40 bits per heavy atom. The maximum Gasteiger partial charge on any atom is 0.00770 e. The lowest BCUT2D eigenvalue weighted by atomic mass is 9.90. The van der Waals surface area contributed by atoms with E-state index in [0.29, 0.717) is 6.04 Å². The second-order valence-corrected chi connectivity index (χ2v) is 4.71. The minimum absolute atomic E-state index is 0.636. The highest BCUT2D eigenvalue weighted by atomic mass is 15.1. The molecule has 0 bridgehead atoms. The summed E-state index contributed by atoms with van der Waals surface area (Å²) in [4.78, 5) is 2.59. The summed E-state index contributed by atoms with van der Waals surface area (Å²) in [7, 11) is 0. The molecule has 0 aliphatic carbocycles. The molecule has 3 nitrogen and oxygen atoms in total. The van der Waals surface area contributed by atoms with Gasteiger partial charge in [0, 0.05) is 19.1 Å². The summed E-state index contributed by atoms with van der Waals surface area (Å²) in [5.41, 5.74) is 5.50. The number of nitrogens with two attached hydrogens (primary N) is 1. The normalized spacial score (nSPS) is 21.8. The van der Waals surface area contributed by atoms with Crippen molar-refractivity contribution < 1.29 is 0 Å². The lowest BCUT2D eigenvalue weighted by molar-refractivity contribution is 0.163. The predicted octanol–water partition coefficient (Wildman–Crippen LogP) is 1.05. The van der Waals surface area contributed by atoms with Gasteiger partial charge in [-0.05, 0) is 51.7 Å². The second-order valence-electron chi connectivity index (χ2n) is 4.71. The predicted molar refractivity (Wildman–Crippen MR) is 66.0 cm³/mol. The SMILES string of the molecule is CCCN1CCC(C(C)NCCN)CC1. The Labute approximate surface area is 94.4 Å². The molecule has 0 spiro atoms. The molecule has 90 valence electrons. The molecule has 0 amide bonds. The zero-order valence-electron chi connectivity index (χ0n) is 10.3. The van der Waals surface area contributed by atoms with E-state index in [0.717, 1.165) is 19.0 Å². The molecule has 3 N–H and O–H groups in total. The highest BCUT2D eigenvalue weighted by Crippen LogP contribution is 2.20. The van der Waals surface area contributed by atoms with E-state index in [4.69, 9.17) is 5.73 Å². The van der Waals surface area contributed by atoms with Crippen LogP contribution in [0, 0.1) is 5.92 Å². The maximum absolute atomic E-state index is 5.50. The highest BCUT2D eigenvalue weighted by Gasteiger charge is 2.22. The van der Waals surface area contributed by atoms with Crippen molar-refractivity contribution in [1.82, 2.24) is 10.2 Å². The summed E-state index contributed by atoms with van der Waals surface area (Å²) in [5, 5.41) is 3.51.